The average Bonchev–Trinajstić information content (AvgIpc) is 2.53. The summed E-state index contributed by atoms with van der Waals surface area (Å²) in [5, 5.41) is 12.5. The number of amides is 1. The van der Waals surface area contributed by atoms with Crippen molar-refractivity contribution in [1.29, 1.82) is 0 Å². The Morgan fingerprint density at radius 3 is 2.70 bits per heavy atom. The van der Waals surface area contributed by atoms with Gasteiger partial charge in [-0.1, -0.05) is 32.0 Å². The SMILES string of the molecule is CCc1cc2c(cc1/C(C)=N\O)N(C(=O)COC)CCC2(C)C. The van der Waals surface area contributed by atoms with Crippen LogP contribution in [-0.2, 0) is 21.4 Å². The second-order valence-electron chi connectivity index (χ2n) is 6.68. The van der Waals surface area contributed by atoms with Crippen molar-refractivity contribution >= 4 is 17.3 Å². The van der Waals surface area contributed by atoms with Gasteiger partial charge in [0.25, 0.3) is 5.91 Å². The summed E-state index contributed by atoms with van der Waals surface area (Å²) in [6, 6.07) is 4.14. The Morgan fingerprint density at radius 2 is 2.13 bits per heavy atom. The first-order valence-electron chi connectivity index (χ1n) is 8.01. The standard InChI is InChI=1S/C18H26N2O3/c1-6-13-9-15-16(10-14(13)12(2)19-22)20(17(21)11-23-5)8-7-18(15,3)4/h9-10,22H,6-8,11H2,1-5H3/b19-12-. The number of oxime groups is 1. The van der Waals surface area contributed by atoms with Crippen LogP contribution in [0.5, 0.6) is 0 Å². The molecule has 0 atom stereocenters. The minimum Gasteiger partial charge on any atom is -0.411 e. The Morgan fingerprint density at radius 1 is 1.43 bits per heavy atom. The summed E-state index contributed by atoms with van der Waals surface area (Å²) < 4.78 is 5.01. The van der Waals surface area contributed by atoms with Gasteiger partial charge < -0.3 is 14.8 Å². The van der Waals surface area contributed by atoms with E-state index < -0.39 is 0 Å². The average molecular weight is 318 g/mol. The summed E-state index contributed by atoms with van der Waals surface area (Å²) in [6.45, 7) is 9.00. The van der Waals surface area contributed by atoms with Crippen LogP contribution >= 0.6 is 0 Å². The molecule has 126 valence electrons. The lowest BCUT2D eigenvalue weighted by molar-refractivity contribution is -0.122. The molecule has 1 aromatic rings. The van der Waals surface area contributed by atoms with Gasteiger partial charge >= 0.3 is 0 Å². The van der Waals surface area contributed by atoms with E-state index in [1.54, 1.807) is 11.8 Å². The van der Waals surface area contributed by atoms with Gasteiger partial charge in [0, 0.05) is 24.9 Å². The third-order valence-electron chi connectivity index (χ3n) is 4.69. The molecule has 1 amide bonds. The number of nitrogens with zero attached hydrogens (tertiary/aromatic N) is 2. The van der Waals surface area contributed by atoms with E-state index in [2.05, 4.69) is 32.0 Å². The predicted octanol–water partition coefficient (Wildman–Crippen LogP) is 3.11. The second-order valence-corrected chi connectivity index (χ2v) is 6.68. The first-order chi connectivity index (χ1) is 10.9. The topological polar surface area (TPSA) is 62.1 Å². The van der Waals surface area contributed by atoms with Crippen molar-refractivity contribution < 1.29 is 14.7 Å². The van der Waals surface area contributed by atoms with Crippen molar-refractivity contribution in [2.75, 3.05) is 25.2 Å². The lowest BCUT2D eigenvalue weighted by Crippen LogP contribution is -2.42. The number of ether oxygens (including phenoxy) is 1. The largest absolute Gasteiger partial charge is 0.411 e. The van der Waals surface area contributed by atoms with Crippen LogP contribution in [0, 0.1) is 0 Å². The maximum atomic E-state index is 12.4. The number of fused-ring (bicyclic) bond motifs is 1. The minimum atomic E-state index is -0.0435. The molecular formula is C18H26N2O3. The summed E-state index contributed by atoms with van der Waals surface area (Å²) in [5.41, 5.74) is 4.66. The second kappa shape index (κ2) is 6.71. The Kier molecular flexibility index (Phi) is 5.09. The maximum absolute atomic E-state index is 12.4. The van der Waals surface area contributed by atoms with E-state index in [0.29, 0.717) is 12.3 Å². The highest BCUT2D eigenvalue weighted by molar-refractivity contribution is 6.03. The molecule has 0 fully saturated rings. The van der Waals surface area contributed by atoms with Gasteiger partial charge in [-0.25, -0.2) is 0 Å². The highest BCUT2D eigenvalue weighted by atomic mass is 16.5. The smallest absolute Gasteiger partial charge is 0.252 e. The Labute approximate surface area is 137 Å². The van der Waals surface area contributed by atoms with Gasteiger partial charge in [0.15, 0.2) is 0 Å². The van der Waals surface area contributed by atoms with Crippen LogP contribution in [0.1, 0.15) is 50.8 Å². The van der Waals surface area contributed by atoms with Crippen LogP contribution in [0.3, 0.4) is 0 Å². The minimum absolute atomic E-state index is 0.00585. The summed E-state index contributed by atoms with van der Waals surface area (Å²) in [7, 11) is 1.53. The molecule has 0 radical (unpaired) electrons. The number of rotatable bonds is 4. The quantitative estimate of drug-likeness (QED) is 0.527. The fourth-order valence-electron chi connectivity index (χ4n) is 3.19. The van der Waals surface area contributed by atoms with E-state index in [1.807, 2.05) is 6.07 Å². The molecule has 1 N–H and O–H groups in total. The zero-order valence-corrected chi connectivity index (χ0v) is 14.6. The Bertz CT molecular complexity index is 635. The fourth-order valence-corrected chi connectivity index (χ4v) is 3.19. The van der Waals surface area contributed by atoms with E-state index in [9.17, 15) is 4.79 Å². The van der Waals surface area contributed by atoms with E-state index in [4.69, 9.17) is 9.94 Å². The first kappa shape index (κ1) is 17.5. The van der Waals surface area contributed by atoms with Crippen molar-refractivity contribution in [3.05, 3.63) is 28.8 Å². The molecule has 1 aromatic carbocycles. The molecule has 1 aliphatic heterocycles. The molecule has 0 aromatic heterocycles. The number of hydrogen-bond donors (Lipinski definition) is 1. The number of aryl methyl sites for hydroxylation is 1. The zero-order valence-electron chi connectivity index (χ0n) is 14.6. The van der Waals surface area contributed by atoms with Crippen molar-refractivity contribution in [2.45, 2.75) is 46.0 Å². The molecule has 5 heteroatoms. The van der Waals surface area contributed by atoms with E-state index in [-0.39, 0.29) is 17.9 Å². The monoisotopic (exact) mass is 318 g/mol. The fraction of sp³-hybridized carbons (Fsp3) is 0.556. The normalized spacial score (nSPS) is 17.1. The van der Waals surface area contributed by atoms with Crippen molar-refractivity contribution in [2.24, 2.45) is 5.16 Å². The number of methoxy groups -OCH3 is 1. The number of benzene rings is 1. The molecule has 23 heavy (non-hydrogen) atoms. The number of hydrogen-bond acceptors (Lipinski definition) is 4. The van der Waals surface area contributed by atoms with Gasteiger partial charge in [-0.05, 0) is 42.4 Å². The molecule has 1 aliphatic rings. The lowest BCUT2D eigenvalue weighted by atomic mass is 9.76. The maximum Gasteiger partial charge on any atom is 0.252 e. The van der Waals surface area contributed by atoms with Gasteiger partial charge in [0.2, 0.25) is 0 Å². The molecule has 0 bridgehead atoms. The first-order valence-corrected chi connectivity index (χ1v) is 8.01. The molecular weight excluding hydrogens is 292 g/mol. The summed E-state index contributed by atoms with van der Waals surface area (Å²) in [6.07, 6.45) is 1.75. The number of carbonyl (C=O) groups is 1. The number of carbonyl (C=O) groups excluding carboxylic acids is 1. The predicted molar refractivity (Wildman–Crippen MR) is 91.7 cm³/mol. The molecule has 0 saturated heterocycles. The van der Waals surface area contributed by atoms with Crippen LogP contribution < -0.4 is 4.90 Å². The van der Waals surface area contributed by atoms with Gasteiger partial charge in [-0.15, -0.1) is 0 Å². The molecule has 0 unspecified atom stereocenters. The van der Waals surface area contributed by atoms with Crippen molar-refractivity contribution in [1.82, 2.24) is 0 Å². The van der Waals surface area contributed by atoms with Crippen LogP contribution in [0.15, 0.2) is 17.3 Å². The van der Waals surface area contributed by atoms with Gasteiger partial charge in [-0.3, -0.25) is 4.79 Å². The van der Waals surface area contributed by atoms with Crippen LogP contribution in [-0.4, -0.2) is 37.1 Å². The molecule has 5 nitrogen and oxygen atoms in total. The van der Waals surface area contributed by atoms with E-state index in [1.165, 1.54) is 12.7 Å². The highest BCUT2D eigenvalue weighted by Crippen LogP contribution is 2.41. The van der Waals surface area contributed by atoms with Crippen LogP contribution in [0.4, 0.5) is 5.69 Å². The van der Waals surface area contributed by atoms with Gasteiger partial charge in [0.05, 0.1) is 5.71 Å². The highest BCUT2D eigenvalue weighted by Gasteiger charge is 2.34. The number of anilines is 1. The Balaban J connectivity index is 2.64. The summed E-state index contributed by atoms with van der Waals surface area (Å²) in [5.74, 6) is -0.0435. The molecule has 0 aliphatic carbocycles. The zero-order chi connectivity index (χ0) is 17.2. The van der Waals surface area contributed by atoms with Crippen LogP contribution in [0.2, 0.25) is 0 Å². The molecule has 0 saturated carbocycles. The Hall–Kier alpha value is -1.88. The van der Waals surface area contributed by atoms with E-state index >= 15 is 0 Å². The lowest BCUT2D eigenvalue weighted by Gasteiger charge is -2.40. The third-order valence-corrected chi connectivity index (χ3v) is 4.69. The van der Waals surface area contributed by atoms with E-state index in [0.717, 1.165) is 29.7 Å². The van der Waals surface area contributed by atoms with Gasteiger partial charge in [0.1, 0.15) is 6.61 Å². The molecule has 1 heterocycles. The third kappa shape index (κ3) is 3.24. The van der Waals surface area contributed by atoms with Crippen molar-refractivity contribution in [3.63, 3.8) is 0 Å². The van der Waals surface area contributed by atoms with Gasteiger partial charge in [-0.2, -0.15) is 0 Å². The van der Waals surface area contributed by atoms with Crippen molar-refractivity contribution in [3.8, 4) is 0 Å². The molecule has 2 rings (SSSR count). The summed E-state index contributed by atoms with van der Waals surface area (Å²) >= 11 is 0. The van der Waals surface area contributed by atoms with Crippen LogP contribution in [0.25, 0.3) is 0 Å². The molecule has 0 spiro atoms. The summed E-state index contributed by atoms with van der Waals surface area (Å²) in [4.78, 5) is 14.2.